The summed E-state index contributed by atoms with van der Waals surface area (Å²) in [5.41, 5.74) is -0.254. The molecule has 0 unspecified atom stereocenters. The number of aromatic carboxylic acids is 1. The predicted octanol–water partition coefficient (Wildman–Crippen LogP) is 3.85. The van der Waals surface area contributed by atoms with Crippen LogP contribution in [0.1, 0.15) is 30.4 Å². The molecule has 20 heavy (non-hydrogen) atoms. The Morgan fingerprint density at radius 1 is 1.20 bits per heavy atom. The molecule has 2 aromatic rings. The minimum absolute atomic E-state index is 0.0703. The minimum Gasteiger partial charge on any atom is -0.477 e. The summed E-state index contributed by atoms with van der Waals surface area (Å²) in [5, 5.41) is 9.09. The molecule has 1 aromatic heterocycles. The fourth-order valence-electron chi connectivity index (χ4n) is 2.14. The maximum atomic E-state index is 13.8. The number of carboxylic acid groups (broad SMARTS) is 1. The number of halogens is 3. The summed E-state index contributed by atoms with van der Waals surface area (Å²) in [4.78, 5) is 11.1. The van der Waals surface area contributed by atoms with Gasteiger partial charge >= 0.3 is 5.97 Å². The van der Waals surface area contributed by atoms with Crippen molar-refractivity contribution in [3.63, 3.8) is 0 Å². The highest BCUT2D eigenvalue weighted by molar-refractivity contribution is 5.87. The SMILES string of the molecule is CC(C)n1c(C(=O)O)ccc1-c1cc(F)cc(F)c1F. The van der Waals surface area contributed by atoms with Crippen LogP contribution in [0.5, 0.6) is 0 Å². The van der Waals surface area contributed by atoms with Crippen molar-refractivity contribution >= 4 is 5.97 Å². The third-order valence-electron chi connectivity index (χ3n) is 2.92. The van der Waals surface area contributed by atoms with Crippen molar-refractivity contribution in [2.75, 3.05) is 0 Å². The van der Waals surface area contributed by atoms with Crippen molar-refractivity contribution in [1.29, 1.82) is 0 Å². The molecule has 106 valence electrons. The Hall–Kier alpha value is -2.24. The molecule has 0 saturated carbocycles. The van der Waals surface area contributed by atoms with E-state index in [0.717, 1.165) is 6.07 Å². The first-order chi connectivity index (χ1) is 9.32. The zero-order valence-electron chi connectivity index (χ0n) is 10.8. The molecule has 0 amide bonds. The van der Waals surface area contributed by atoms with Crippen molar-refractivity contribution < 1.29 is 23.1 Å². The van der Waals surface area contributed by atoms with Gasteiger partial charge in [0.2, 0.25) is 0 Å². The first-order valence-corrected chi connectivity index (χ1v) is 5.92. The average Bonchev–Trinajstić information content (AvgIpc) is 2.78. The van der Waals surface area contributed by atoms with E-state index in [1.54, 1.807) is 13.8 Å². The van der Waals surface area contributed by atoms with Crippen LogP contribution in [0.15, 0.2) is 24.3 Å². The van der Waals surface area contributed by atoms with Crippen molar-refractivity contribution in [2.24, 2.45) is 0 Å². The topological polar surface area (TPSA) is 42.2 Å². The zero-order valence-corrected chi connectivity index (χ0v) is 10.8. The lowest BCUT2D eigenvalue weighted by atomic mass is 10.1. The van der Waals surface area contributed by atoms with Crippen molar-refractivity contribution in [2.45, 2.75) is 19.9 Å². The summed E-state index contributed by atoms with van der Waals surface area (Å²) in [6.07, 6.45) is 0. The Morgan fingerprint density at radius 2 is 1.85 bits per heavy atom. The molecule has 0 aliphatic rings. The highest BCUT2D eigenvalue weighted by Crippen LogP contribution is 2.30. The second-order valence-corrected chi connectivity index (χ2v) is 4.62. The van der Waals surface area contributed by atoms with Crippen molar-refractivity contribution in [3.8, 4) is 11.3 Å². The van der Waals surface area contributed by atoms with Crippen LogP contribution in [-0.4, -0.2) is 15.6 Å². The van der Waals surface area contributed by atoms with Gasteiger partial charge in [-0.1, -0.05) is 0 Å². The van der Waals surface area contributed by atoms with Crippen molar-refractivity contribution in [3.05, 3.63) is 47.4 Å². The molecular formula is C14H12F3NO2. The van der Waals surface area contributed by atoms with E-state index < -0.39 is 23.4 Å². The molecule has 3 nitrogen and oxygen atoms in total. The molecule has 0 spiro atoms. The van der Waals surface area contributed by atoms with Crippen LogP contribution in [-0.2, 0) is 0 Å². The highest BCUT2D eigenvalue weighted by atomic mass is 19.2. The molecule has 2 rings (SSSR count). The summed E-state index contributed by atoms with van der Waals surface area (Å²) in [5.74, 6) is -4.63. The summed E-state index contributed by atoms with van der Waals surface area (Å²) < 4.78 is 41.7. The molecule has 0 saturated heterocycles. The number of hydrogen-bond acceptors (Lipinski definition) is 1. The monoisotopic (exact) mass is 283 g/mol. The van der Waals surface area contributed by atoms with E-state index in [0.29, 0.717) is 6.07 Å². The van der Waals surface area contributed by atoms with Gasteiger partial charge in [0.25, 0.3) is 0 Å². The molecule has 1 aromatic carbocycles. The van der Waals surface area contributed by atoms with E-state index in [1.807, 2.05) is 0 Å². The lowest BCUT2D eigenvalue weighted by molar-refractivity contribution is 0.0683. The second kappa shape index (κ2) is 5.03. The summed E-state index contributed by atoms with van der Waals surface area (Å²) in [7, 11) is 0. The standard InChI is InChI=1S/C14H12F3NO2/c1-7(2)18-11(3-4-12(18)14(19)20)9-5-8(15)6-10(16)13(9)17/h3-7H,1-2H3,(H,19,20). The number of carboxylic acids is 1. The molecule has 0 aliphatic carbocycles. The normalized spacial score (nSPS) is 11.1. The van der Waals surface area contributed by atoms with E-state index in [2.05, 4.69) is 0 Å². The maximum Gasteiger partial charge on any atom is 0.352 e. The second-order valence-electron chi connectivity index (χ2n) is 4.62. The lowest BCUT2D eigenvalue weighted by Gasteiger charge is -2.16. The Balaban J connectivity index is 2.74. The number of carbonyl (C=O) groups is 1. The molecule has 0 atom stereocenters. The van der Waals surface area contributed by atoms with E-state index in [-0.39, 0.29) is 23.0 Å². The Labute approximate surface area is 113 Å². The van der Waals surface area contributed by atoms with Crippen LogP contribution in [0.2, 0.25) is 0 Å². The molecule has 0 bridgehead atoms. The lowest BCUT2D eigenvalue weighted by Crippen LogP contribution is -2.12. The third-order valence-corrected chi connectivity index (χ3v) is 2.92. The Bertz CT molecular complexity index is 677. The number of rotatable bonds is 3. The van der Waals surface area contributed by atoms with Gasteiger partial charge in [0, 0.05) is 17.7 Å². The van der Waals surface area contributed by atoms with Gasteiger partial charge in [-0.3, -0.25) is 0 Å². The molecule has 0 aliphatic heterocycles. The zero-order chi connectivity index (χ0) is 15.0. The van der Waals surface area contributed by atoms with Crippen LogP contribution in [0.4, 0.5) is 13.2 Å². The third kappa shape index (κ3) is 2.29. The van der Waals surface area contributed by atoms with Crippen LogP contribution in [0.25, 0.3) is 11.3 Å². The summed E-state index contributed by atoms with van der Waals surface area (Å²) in [6.45, 7) is 3.40. The number of benzene rings is 1. The minimum atomic E-state index is -1.31. The van der Waals surface area contributed by atoms with Gasteiger partial charge in [0.1, 0.15) is 11.5 Å². The first kappa shape index (κ1) is 14.2. The van der Waals surface area contributed by atoms with Gasteiger partial charge in [0.15, 0.2) is 11.6 Å². The number of nitrogens with zero attached hydrogens (tertiary/aromatic N) is 1. The fraction of sp³-hybridized carbons (Fsp3) is 0.214. The molecule has 1 heterocycles. The van der Waals surface area contributed by atoms with Gasteiger partial charge in [-0.2, -0.15) is 0 Å². The van der Waals surface area contributed by atoms with Gasteiger partial charge in [-0.25, -0.2) is 18.0 Å². The summed E-state index contributed by atoms with van der Waals surface area (Å²) >= 11 is 0. The first-order valence-electron chi connectivity index (χ1n) is 5.92. The molecule has 0 radical (unpaired) electrons. The number of hydrogen-bond donors (Lipinski definition) is 1. The van der Waals surface area contributed by atoms with Gasteiger partial charge in [-0.05, 0) is 32.0 Å². The van der Waals surface area contributed by atoms with Crippen LogP contribution < -0.4 is 0 Å². The van der Waals surface area contributed by atoms with Crippen LogP contribution in [0.3, 0.4) is 0 Å². The predicted molar refractivity (Wildman–Crippen MR) is 67.1 cm³/mol. The van der Waals surface area contributed by atoms with Gasteiger partial charge < -0.3 is 9.67 Å². The van der Waals surface area contributed by atoms with Crippen LogP contribution in [0, 0.1) is 17.5 Å². The van der Waals surface area contributed by atoms with E-state index in [9.17, 15) is 18.0 Å². The van der Waals surface area contributed by atoms with Crippen molar-refractivity contribution in [1.82, 2.24) is 4.57 Å². The molecule has 0 fully saturated rings. The Morgan fingerprint density at radius 3 is 2.40 bits per heavy atom. The van der Waals surface area contributed by atoms with E-state index in [4.69, 9.17) is 5.11 Å². The number of aromatic nitrogens is 1. The van der Waals surface area contributed by atoms with Crippen LogP contribution >= 0.6 is 0 Å². The quantitative estimate of drug-likeness (QED) is 0.869. The fourth-order valence-corrected chi connectivity index (χ4v) is 2.14. The average molecular weight is 283 g/mol. The van der Waals surface area contributed by atoms with Gasteiger partial charge in [-0.15, -0.1) is 0 Å². The van der Waals surface area contributed by atoms with Gasteiger partial charge in [0.05, 0.1) is 5.69 Å². The smallest absolute Gasteiger partial charge is 0.352 e. The molecular weight excluding hydrogens is 271 g/mol. The largest absolute Gasteiger partial charge is 0.477 e. The Kier molecular flexibility index (Phi) is 3.57. The van der Waals surface area contributed by atoms with E-state index in [1.165, 1.54) is 16.7 Å². The highest BCUT2D eigenvalue weighted by Gasteiger charge is 2.21. The molecule has 6 heteroatoms. The maximum absolute atomic E-state index is 13.8. The summed E-state index contributed by atoms with van der Waals surface area (Å²) in [6, 6.07) is 3.59. The van der Waals surface area contributed by atoms with E-state index >= 15 is 0 Å². The molecule has 1 N–H and O–H groups in total.